The van der Waals surface area contributed by atoms with Crippen LogP contribution in [0.2, 0.25) is 0 Å². The third-order valence-electron chi connectivity index (χ3n) is 2.93. The van der Waals surface area contributed by atoms with Crippen LogP contribution in [0.25, 0.3) is 0 Å². The van der Waals surface area contributed by atoms with Gasteiger partial charge in [0.05, 0.1) is 18.5 Å². The first-order valence-corrected chi connectivity index (χ1v) is 6.02. The van der Waals surface area contributed by atoms with Gasteiger partial charge in [-0.05, 0) is 55.3 Å². The smallest absolute Gasteiger partial charge is 0.119 e. The zero-order valence-electron chi connectivity index (χ0n) is 11.3. The van der Waals surface area contributed by atoms with Gasteiger partial charge < -0.3 is 10.5 Å². The predicted molar refractivity (Wildman–Crippen MR) is 77.5 cm³/mol. The number of benzene rings is 2. The van der Waals surface area contributed by atoms with Crippen molar-refractivity contribution in [1.82, 2.24) is 0 Å². The van der Waals surface area contributed by atoms with Crippen LogP contribution in [0.15, 0.2) is 46.6 Å². The van der Waals surface area contributed by atoms with Gasteiger partial charge in [-0.25, -0.2) is 0 Å². The van der Waals surface area contributed by atoms with E-state index in [1.807, 2.05) is 50.2 Å². The van der Waals surface area contributed by atoms with Gasteiger partial charge in [0.15, 0.2) is 0 Å². The number of nitrogens with two attached hydrogens (primary N) is 1. The zero-order chi connectivity index (χ0) is 13.8. The number of hydrogen-bond acceptors (Lipinski definition) is 4. The van der Waals surface area contributed by atoms with Crippen LogP contribution in [0, 0.1) is 13.8 Å². The highest BCUT2D eigenvalue weighted by molar-refractivity contribution is 5.60. The number of aryl methyl sites for hydroxylation is 2. The molecule has 4 heteroatoms. The Morgan fingerprint density at radius 2 is 1.63 bits per heavy atom. The molecule has 2 aromatic rings. The Morgan fingerprint density at radius 1 is 0.947 bits per heavy atom. The third kappa shape index (κ3) is 3.10. The molecule has 0 aliphatic heterocycles. The first-order chi connectivity index (χ1) is 9.10. The first kappa shape index (κ1) is 13.1. The van der Waals surface area contributed by atoms with Crippen molar-refractivity contribution in [3.63, 3.8) is 0 Å². The fraction of sp³-hybridized carbons (Fsp3) is 0.200. The lowest BCUT2D eigenvalue weighted by Gasteiger charge is -2.04. The Labute approximate surface area is 112 Å². The molecule has 2 rings (SSSR count). The largest absolute Gasteiger partial charge is 0.497 e. The summed E-state index contributed by atoms with van der Waals surface area (Å²) in [6.07, 6.45) is 0. The van der Waals surface area contributed by atoms with E-state index >= 15 is 0 Å². The highest BCUT2D eigenvalue weighted by atomic mass is 16.5. The molecule has 0 amide bonds. The molecule has 98 valence electrons. The average molecular weight is 255 g/mol. The van der Waals surface area contributed by atoms with Crippen molar-refractivity contribution >= 4 is 17.1 Å². The van der Waals surface area contributed by atoms with Gasteiger partial charge in [0.2, 0.25) is 0 Å². The van der Waals surface area contributed by atoms with Crippen molar-refractivity contribution in [2.75, 3.05) is 12.8 Å². The monoisotopic (exact) mass is 255 g/mol. The predicted octanol–water partition coefficient (Wildman–Crippen LogP) is 4.31. The fourth-order valence-corrected chi connectivity index (χ4v) is 1.73. The van der Waals surface area contributed by atoms with E-state index in [9.17, 15) is 0 Å². The van der Waals surface area contributed by atoms with Gasteiger partial charge in [-0.15, -0.1) is 0 Å². The summed E-state index contributed by atoms with van der Waals surface area (Å²) in [4.78, 5) is 0. The summed E-state index contributed by atoms with van der Waals surface area (Å²) >= 11 is 0. The maximum Gasteiger partial charge on any atom is 0.119 e. The summed E-state index contributed by atoms with van der Waals surface area (Å²) in [6, 6.07) is 11.3. The summed E-state index contributed by atoms with van der Waals surface area (Å²) < 4.78 is 5.09. The third-order valence-corrected chi connectivity index (χ3v) is 2.93. The SMILES string of the molecule is COc1ccc(N=Nc2cc(N)c(C)cc2C)cc1. The summed E-state index contributed by atoms with van der Waals surface area (Å²) in [7, 11) is 1.63. The molecule has 0 spiro atoms. The Balaban J connectivity index is 2.24. The van der Waals surface area contributed by atoms with E-state index in [1.54, 1.807) is 7.11 Å². The Hall–Kier alpha value is -2.36. The van der Waals surface area contributed by atoms with Crippen molar-refractivity contribution in [1.29, 1.82) is 0 Å². The highest BCUT2D eigenvalue weighted by Gasteiger charge is 2.01. The second-order valence-electron chi connectivity index (χ2n) is 4.39. The molecule has 0 saturated heterocycles. The first-order valence-electron chi connectivity index (χ1n) is 6.02. The summed E-state index contributed by atoms with van der Waals surface area (Å²) in [5, 5.41) is 8.44. The molecule has 0 aromatic heterocycles. The van der Waals surface area contributed by atoms with Gasteiger partial charge >= 0.3 is 0 Å². The Morgan fingerprint density at radius 3 is 2.26 bits per heavy atom. The van der Waals surface area contributed by atoms with E-state index in [1.165, 1.54) is 0 Å². The molecule has 4 nitrogen and oxygen atoms in total. The van der Waals surface area contributed by atoms with Crippen molar-refractivity contribution in [2.24, 2.45) is 10.2 Å². The standard InChI is InChI=1S/C15H17N3O/c1-10-8-11(2)15(9-14(10)16)18-17-12-4-6-13(19-3)7-5-12/h4-9H,16H2,1-3H3. The van der Waals surface area contributed by atoms with E-state index in [-0.39, 0.29) is 0 Å². The average Bonchev–Trinajstić information content (AvgIpc) is 2.42. The topological polar surface area (TPSA) is 60.0 Å². The van der Waals surface area contributed by atoms with Crippen molar-refractivity contribution in [2.45, 2.75) is 13.8 Å². The summed E-state index contributed by atoms with van der Waals surface area (Å²) in [5.74, 6) is 0.801. The molecule has 0 saturated carbocycles. The van der Waals surface area contributed by atoms with E-state index < -0.39 is 0 Å². The number of anilines is 1. The van der Waals surface area contributed by atoms with Crippen LogP contribution in [-0.4, -0.2) is 7.11 Å². The maximum atomic E-state index is 5.88. The number of nitrogen functional groups attached to an aromatic ring is 1. The van der Waals surface area contributed by atoms with E-state index in [4.69, 9.17) is 10.5 Å². The molecular formula is C15H17N3O. The van der Waals surface area contributed by atoms with Gasteiger partial charge in [-0.1, -0.05) is 6.07 Å². The molecule has 2 aromatic carbocycles. The van der Waals surface area contributed by atoms with Crippen molar-refractivity contribution < 1.29 is 4.74 Å². The van der Waals surface area contributed by atoms with Crippen LogP contribution >= 0.6 is 0 Å². The molecule has 0 fully saturated rings. The molecule has 0 aliphatic carbocycles. The number of ether oxygens (including phenoxy) is 1. The molecule has 19 heavy (non-hydrogen) atoms. The molecular weight excluding hydrogens is 238 g/mol. The fourth-order valence-electron chi connectivity index (χ4n) is 1.73. The molecule has 0 radical (unpaired) electrons. The number of nitrogens with zero attached hydrogens (tertiary/aromatic N) is 2. The maximum absolute atomic E-state index is 5.88. The van der Waals surface area contributed by atoms with Gasteiger partial charge in [-0.3, -0.25) is 0 Å². The second kappa shape index (κ2) is 5.52. The van der Waals surface area contributed by atoms with Crippen LogP contribution in [0.5, 0.6) is 5.75 Å². The minimum absolute atomic E-state index is 0.731. The van der Waals surface area contributed by atoms with Crippen LogP contribution < -0.4 is 10.5 Å². The quantitative estimate of drug-likeness (QED) is 0.656. The molecule has 0 atom stereocenters. The summed E-state index contributed by atoms with van der Waals surface area (Å²) in [6.45, 7) is 3.97. The van der Waals surface area contributed by atoms with Crippen molar-refractivity contribution in [3.05, 3.63) is 47.5 Å². The van der Waals surface area contributed by atoms with Gasteiger partial charge in [0.25, 0.3) is 0 Å². The normalized spacial score (nSPS) is 10.9. The van der Waals surface area contributed by atoms with Crippen LogP contribution in [-0.2, 0) is 0 Å². The van der Waals surface area contributed by atoms with Crippen LogP contribution in [0.3, 0.4) is 0 Å². The lowest BCUT2D eigenvalue weighted by atomic mass is 10.1. The van der Waals surface area contributed by atoms with E-state index in [2.05, 4.69) is 10.2 Å². The van der Waals surface area contributed by atoms with E-state index in [0.29, 0.717) is 0 Å². The van der Waals surface area contributed by atoms with Gasteiger partial charge in [-0.2, -0.15) is 10.2 Å². The van der Waals surface area contributed by atoms with Gasteiger partial charge in [0, 0.05) is 5.69 Å². The highest BCUT2D eigenvalue weighted by Crippen LogP contribution is 2.27. The minimum atomic E-state index is 0.731. The van der Waals surface area contributed by atoms with Crippen LogP contribution in [0.1, 0.15) is 11.1 Å². The van der Waals surface area contributed by atoms with E-state index in [0.717, 1.165) is 33.9 Å². The minimum Gasteiger partial charge on any atom is -0.497 e. The lowest BCUT2D eigenvalue weighted by Crippen LogP contribution is -1.89. The molecule has 0 aliphatic rings. The Kier molecular flexibility index (Phi) is 3.80. The Bertz CT molecular complexity index is 604. The summed E-state index contributed by atoms with van der Waals surface area (Å²) in [5.41, 5.74) is 10.3. The molecule has 0 bridgehead atoms. The molecule has 0 unspecified atom stereocenters. The molecule has 0 heterocycles. The van der Waals surface area contributed by atoms with Crippen LogP contribution in [0.4, 0.5) is 17.1 Å². The second-order valence-corrected chi connectivity index (χ2v) is 4.39. The zero-order valence-corrected chi connectivity index (χ0v) is 11.3. The van der Waals surface area contributed by atoms with Crippen molar-refractivity contribution in [3.8, 4) is 5.75 Å². The number of methoxy groups -OCH3 is 1. The molecule has 2 N–H and O–H groups in total. The number of hydrogen-bond donors (Lipinski definition) is 1. The number of azo groups is 1. The lowest BCUT2D eigenvalue weighted by molar-refractivity contribution is 0.415. The van der Waals surface area contributed by atoms with Gasteiger partial charge in [0.1, 0.15) is 5.75 Å². The number of rotatable bonds is 3.